The van der Waals surface area contributed by atoms with Crippen molar-refractivity contribution >= 4 is 41.3 Å². The molecule has 1 saturated heterocycles. The zero-order valence-corrected chi connectivity index (χ0v) is 28.0. The first kappa shape index (κ1) is 31.9. The van der Waals surface area contributed by atoms with Gasteiger partial charge in [-0.2, -0.15) is 0 Å². The lowest BCUT2D eigenvalue weighted by atomic mass is 10.0. The zero-order chi connectivity index (χ0) is 31.9. The number of halogens is 1. The molecular weight excluding hydrogens is 573 g/mol. The van der Waals surface area contributed by atoms with E-state index in [4.69, 9.17) is 13.7 Å². The van der Waals surface area contributed by atoms with E-state index >= 15 is 4.39 Å². The van der Waals surface area contributed by atoms with E-state index in [2.05, 4.69) is 55.5 Å². The minimum Gasteiger partial charge on any atom is -0.403 e. The first-order valence-corrected chi connectivity index (χ1v) is 17.2. The number of hydrogen-bond donors (Lipinski definition) is 1. The summed E-state index contributed by atoms with van der Waals surface area (Å²) in [5.74, 6) is -0.969. The van der Waals surface area contributed by atoms with Crippen LogP contribution in [-0.2, 0) is 15.8 Å². The fourth-order valence-electron chi connectivity index (χ4n) is 6.40. The van der Waals surface area contributed by atoms with Crippen LogP contribution in [0.25, 0.3) is 11.0 Å². The molecular formula is C35H44FN3O4Si. The van der Waals surface area contributed by atoms with Crippen LogP contribution in [0.4, 0.5) is 10.1 Å². The molecule has 234 valence electrons. The summed E-state index contributed by atoms with van der Waals surface area (Å²) < 4.78 is 35.5. The molecule has 3 aromatic carbocycles. The number of benzene rings is 3. The molecule has 0 radical (unpaired) electrons. The number of nitrogens with zero attached hydrogens (tertiary/aromatic N) is 2. The van der Waals surface area contributed by atoms with Crippen molar-refractivity contribution in [3.05, 3.63) is 83.8 Å². The van der Waals surface area contributed by atoms with Gasteiger partial charge in [-0.15, -0.1) is 0 Å². The molecule has 0 bridgehead atoms. The normalized spacial score (nSPS) is 18.1. The van der Waals surface area contributed by atoms with Crippen LogP contribution in [0.2, 0.25) is 5.04 Å². The molecule has 1 amide bonds. The maximum atomic E-state index is 16.7. The summed E-state index contributed by atoms with van der Waals surface area (Å²) in [6.45, 7) is 17.4. The largest absolute Gasteiger partial charge is 0.403 e. The standard InChI is InChI=1S/C35H44FN3O4Si/c1-23-20-39(21-24(2)42-23)31-25(19-28-30(33(40)37-34(3,4)5)38-43-32(28)29(31)36)22-41-44(35(6,7)8,26-15-11-9-12-16-26)27-17-13-10-14-18-27/h9-19,23-24H,20-22H2,1-8H3,(H,37,40)/t23-,24+. The second-order valence-electron chi connectivity index (χ2n) is 13.9. The van der Waals surface area contributed by atoms with Crippen molar-refractivity contribution in [2.75, 3.05) is 18.0 Å². The predicted molar refractivity (Wildman–Crippen MR) is 176 cm³/mol. The number of carbonyl (C=O) groups excluding carboxylic acids is 1. The number of rotatable bonds is 7. The molecule has 0 saturated carbocycles. The first-order chi connectivity index (χ1) is 20.7. The lowest BCUT2D eigenvalue weighted by Gasteiger charge is -2.43. The second-order valence-corrected chi connectivity index (χ2v) is 18.2. The Bertz CT molecular complexity index is 1560. The molecule has 4 aromatic rings. The molecule has 2 heterocycles. The Morgan fingerprint density at radius 3 is 2.02 bits per heavy atom. The number of nitrogens with one attached hydrogen (secondary N) is 1. The van der Waals surface area contributed by atoms with Crippen molar-refractivity contribution in [3.8, 4) is 0 Å². The minimum absolute atomic E-state index is 0.0416. The van der Waals surface area contributed by atoms with Gasteiger partial charge in [0, 0.05) is 24.2 Å². The average molecular weight is 618 g/mol. The average Bonchev–Trinajstić information content (AvgIpc) is 3.37. The molecule has 1 fully saturated rings. The van der Waals surface area contributed by atoms with E-state index in [1.165, 1.54) is 0 Å². The van der Waals surface area contributed by atoms with Crippen LogP contribution < -0.4 is 20.6 Å². The number of hydrogen-bond acceptors (Lipinski definition) is 6. The number of amides is 1. The quantitative estimate of drug-likeness (QED) is 0.250. The van der Waals surface area contributed by atoms with Gasteiger partial charge >= 0.3 is 0 Å². The Kier molecular flexibility index (Phi) is 8.77. The molecule has 7 nitrogen and oxygen atoms in total. The van der Waals surface area contributed by atoms with E-state index in [9.17, 15) is 4.79 Å². The molecule has 0 spiro atoms. The maximum Gasteiger partial charge on any atom is 0.274 e. The van der Waals surface area contributed by atoms with Gasteiger partial charge in [-0.05, 0) is 56.1 Å². The van der Waals surface area contributed by atoms with Crippen LogP contribution in [0.1, 0.15) is 71.4 Å². The van der Waals surface area contributed by atoms with Crippen LogP contribution in [0.15, 0.2) is 71.3 Å². The topological polar surface area (TPSA) is 76.8 Å². The third-order valence-electron chi connectivity index (χ3n) is 8.06. The molecule has 44 heavy (non-hydrogen) atoms. The van der Waals surface area contributed by atoms with Crippen molar-refractivity contribution in [2.45, 2.75) is 84.8 Å². The number of aromatic nitrogens is 1. The molecule has 1 N–H and O–H groups in total. The van der Waals surface area contributed by atoms with Crippen molar-refractivity contribution in [1.82, 2.24) is 10.5 Å². The predicted octanol–water partition coefficient (Wildman–Crippen LogP) is 6.19. The van der Waals surface area contributed by atoms with Crippen molar-refractivity contribution in [1.29, 1.82) is 0 Å². The fraction of sp³-hybridized carbons (Fsp3) is 0.429. The monoisotopic (exact) mass is 617 g/mol. The number of morpholine rings is 1. The summed E-state index contributed by atoms with van der Waals surface area (Å²) in [6.07, 6.45) is -0.190. The molecule has 0 unspecified atom stereocenters. The lowest BCUT2D eigenvalue weighted by Crippen LogP contribution is -2.66. The van der Waals surface area contributed by atoms with E-state index in [0.717, 1.165) is 10.4 Å². The Morgan fingerprint density at radius 2 is 1.52 bits per heavy atom. The maximum absolute atomic E-state index is 16.7. The van der Waals surface area contributed by atoms with E-state index in [-0.39, 0.29) is 35.1 Å². The van der Waals surface area contributed by atoms with Crippen LogP contribution >= 0.6 is 0 Å². The zero-order valence-electron chi connectivity index (χ0n) is 27.0. The number of fused-ring (bicyclic) bond motifs is 1. The SMILES string of the molecule is C[C@@H]1CN(c2c(CO[Si](c3ccccc3)(c3ccccc3)C(C)(C)C)cc3c(C(=O)NC(C)(C)C)noc3c2F)C[C@H](C)O1. The Hall–Kier alpha value is -3.53. The van der Waals surface area contributed by atoms with Gasteiger partial charge in [0.05, 0.1) is 29.9 Å². The van der Waals surface area contributed by atoms with Crippen LogP contribution in [0.5, 0.6) is 0 Å². The van der Waals surface area contributed by atoms with Crippen molar-refractivity contribution in [2.24, 2.45) is 0 Å². The van der Waals surface area contributed by atoms with Gasteiger partial charge in [0.25, 0.3) is 14.2 Å². The van der Waals surface area contributed by atoms with Gasteiger partial charge in [-0.1, -0.05) is 86.6 Å². The highest BCUT2D eigenvalue weighted by atomic mass is 28.4. The highest BCUT2D eigenvalue weighted by molar-refractivity contribution is 6.99. The smallest absolute Gasteiger partial charge is 0.274 e. The van der Waals surface area contributed by atoms with Gasteiger partial charge in [-0.3, -0.25) is 4.79 Å². The summed E-state index contributed by atoms with van der Waals surface area (Å²) in [6, 6.07) is 22.5. The summed E-state index contributed by atoms with van der Waals surface area (Å²) in [7, 11) is -2.95. The highest BCUT2D eigenvalue weighted by Crippen LogP contribution is 2.40. The number of anilines is 1. The van der Waals surface area contributed by atoms with Crippen LogP contribution in [0.3, 0.4) is 0 Å². The Balaban J connectivity index is 1.69. The third-order valence-corrected chi connectivity index (χ3v) is 13.0. The molecule has 1 aliphatic rings. The van der Waals surface area contributed by atoms with Crippen molar-refractivity contribution in [3.63, 3.8) is 0 Å². The molecule has 9 heteroatoms. The van der Waals surface area contributed by atoms with E-state index in [1.807, 2.05) is 82.0 Å². The molecule has 5 rings (SSSR count). The molecule has 2 atom stereocenters. The fourth-order valence-corrected chi connectivity index (χ4v) is 10.9. The van der Waals surface area contributed by atoms with Gasteiger partial charge in [0.1, 0.15) is 0 Å². The Labute approximate surface area is 260 Å². The number of carbonyl (C=O) groups is 1. The van der Waals surface area contributed by atoms with Crippen LogP contribution in [-0.4, -0.2) is 50.2 Å². The van der Waals surface area contributed by atoms with Crippen LogP contribution in [0, 0.1) is 5.82 Å². The third kappa shape index (κ3) is 6.18. The van der Waals surface area contributed by atoms with Gasteiger partial charge < -0.3 is 23.9 Å². The van der Waals surface area contributed by atoms with Crippen molar-refractivity contribution < 1.29 is 22.9 Å². The van der Waals surface area contributed by atoms with Gasteiger partial charge in [0.2, 0.25) is 5.58 Å². The van der Waals surface area contributed by atoms with E-state index in [0.29, 0.717) is 29.7 Å². The minimum atomic E-state index is -2.95. The molecule has 1 aliphatic heterocycles. The lowest BCUT2D eigenvalue weighted by molar-refractivity contribution is -0.00549. The molecule has 1 aromatic heterocycles. The second kappa shape index (κ2) is 12.1. The highest BCUT2D eigenvalue weighted by Gasteiger charge is 2.50. The summed E-state index contributed by atoms with van der Waals surface area (Å²) in [5, 5.41) is 9.28. The van der Waals surface area contributed by atoms with E-state index < -0.39 is 25.6 Å². The van der Waals surface area contributed by atoms with E-state index in [1.54, 1.807) is 0 Å². The number of ether oxygens (including phenoxy) is 1. The van der Waals surface area contributed by atoms with Gasteiger partial charge in [0.15, 0.2) is 11.5 Å². The molecule has 0 aliphatic carbocycles. The summed E-state index contributed by atoms with van der Waals surface area (Å²) in [5.41, 5.74) is 0.542. The van der Waals surface area contributed by atoms with Gasteiger partial charge in [-0.25, -0.2) is 4.39 Å². The summed E-state index contributed by atoms with van der Waals surface area (Å²) in [4.78, 5) is 15.3. The summed E-state index contributed by atoms with van der Waals surface area (Å²) >= 11 is 0. The Morgan fingerprint density at radius 1 is 0.977 bits per heavy atom. The first-order valence-electron chi connectivity index (χ1n) is 15.3.